The molecule has 2 heterocycles. The van der Waals surface area contributed by atoms with Gasteiger partial charge in [0.1, 0.15) is 13.2 Å². The molecule has 2 unspecified atom stereocenters. The Hall–Kier alpha value is -9.27. The molecule has 0 radical (unpaired) electrons. The molecule has 3 N–H and O–H groups in total. The third-order valence-electron chi connectivity index (χ3n) is 18.2. The van der Waals surface area contributed by atoms with Crippen molar-refractivity contribution in [2.45, 2.75) is 132 Å². The van der Waals surface area contributed by atoms with Gasteiger partial charge in [0.05, 0.1) is 103 Å². The van der Waals surface area contributed by atoms with E-state index in [1.165, 1.54) is 30.6 Å². The zero-order valence-electron chi connectivity index (χ0n) is 56.5. The normalized spacial score (nSPS) is 20.0. The number of nitrogens with one attached hydrogen (secondary N) is 1. The van der Waals surface area contributed by atoms with Gasteiger partial charge in [-0.1, -0.05) is 182 Å². The number of nitrogens with two attached hydrogens (primary N) is 1. The first-order valence-corrected chi connectivity index (χ1v) is 33.0. The summed E-state index contributed by atoms with van der Waals surface area (Å²) in [5, 5.41) is 2.99. The van der Waals surface area contributed by atoms with Crippen LogP contribution in [0.3, 0.4) is 0 Å². The lowest BCUT2D eigenvalue weighted by atomic mass is 9.74. The molecule has 2 aliphatic rings. The Labute approximate surface area is 588 Å². The molecule has 0 aliphatic carbocycles. The van der Waals surface area contributed by atoms with E-state index >= 15 is 0 Å². The summed E-state index contributed by atoms with van der Waals surface area (Å²) >= 11 is 0. The molecule has 6 atom stereocenters. The van der Waals surface area contributed by atoms with Crippen LogP contribution in [0.2, 0.25) is 0 Å². The molecule has 0 saturated carbocycles. The number of carbonyl (C=O) groups is 3. The van der Waals surface area contributed by atoms with Gasteiger partial charge >= 0.3 is 36.9 Å². The van der Waals surface area contributed by atoms with E-state index in [2.05, 4.69) is 5.32 Å². The average Bonchev–Trinajstić information content (AvgIpc) is 0.756. The molecule has 8 aromatic carbocycles. The predicted molar refractivity (Wildman–Crippen MR) is 359 cm³/mol. The van der Waals surface area contributed by atoms with E-state index in [9.17, 15) is 67.1 Å². The van der Waals surface area contributed by atoms with Gasteiger partial charge in [-0.25, -0.2) is 9.59 Å². The lowest BCUT2D eigenvalue weighted by Gasteiger charge is -2.53. The number of likely N-dealkylation sites (tertiary alicyclic amines) is 2. The van der Waals surface area contributed by atoms with E-state index in [0.717, 1.165) is 16.7 Å². The lowest BCUT2D eigenvalue weighted by molar-refractivity contribution is -0.145. The summed E-state index contributed by atoms with van der Waals surface area (Å²) < 4.78 is 201. The maximum Gasteiger partial charge on any atom is 0.416 e. The second kappa shape index (κ2) is 33.4. The minimum Gasteiger partial charge on any atom is -0.445 e. The number of halogens is 12. The second-order valence-electron chi connectivity index (χ2n) is 25.9. The number of ether oxygens (including phenoxy) is 6. The molecule has 2 fully saturated rings. The van der Waals surface area contributed by atoms with Gasteiger partial charge in [-0.3, -0.25) is 14.6 Å². The topological polar surface area (TPSA) is 151 Å². The van der Waals surface area contributed by atoms with Gasteiger partial charge in [0.25, 0.3) is 0 Å². The molecule has 8 aromatic rings. The van der Waals surface area contributed by atoms with Gasteiger partial charge in [0.15, 0.2) is 0 Å². The van der Waals surface area contributed by atoms with E-state index in [1.807, 2.05) is 72.8 Å². The van der Waals surface area contributed by atoms with Crippen LogP contribution in [0.1, 0.15) is 125 Å². The zero-order chi connectivity index (χ0) is 74.3. The maximum atomic E-state index is 14.3. The highest BCUT2D eigenvalue weighted by molar-refractivity contribution is 5.75. The van der Waals surface area contributed by atoms with E-state index in [-0.39, 0.29) is 108 Å². The van der Waals surface area contributed by atoms with Crippen LogP contribution in [-0.2, 0) is 95.4 Å². The van der Waals surface area contributed by atoms with Crippen LogP contribution < -0.4 is 11.1 Å². The van der Waals surface area contributed by atoms with Crippen molar-refractivity contribution in [1.29, 1.82) is 0 Å². The quantitative estimate of drug-likeness (QED) is 0.0592. The summed E-state index contributed by atoms with van der Waals surface area (Å²) in [6.07, 6.45) is -23.1. The predicted octanol–water partition coefficient (Wildman–Crippen LogP) is 18.3. The van der Waals surface area contributed by atoms with Gasteiger partial charge < -0.3 is 39.5 Å². The second-order valence-corrected chi connectivity index (χ2v) is 25.9. The zero-order valence-corrected chi connectivity index (χ0v) is 56.5. The summed E-state index contributed by atoms with van der Waals surface area (Å²) in [7, 11) is 0. The first-order chi connectivity index (χ1) is 48.8. The molecule has 103 heavy (non-hydrogen) atoms. The Bertz CT molecular complexity index is 3990. The standard InChI is InChI=1S/C40H40F6N2O5.C38H38F6N2O4/c1-28(32-20-34(39(41,42)43)22-35(21-32)40(44,45)46)53-27-38(33-16-10-5-11-17-33)19-18-37(47-29(2)49,26-51-23-30-12-6-3-7-13-30)25-48(38)36(50)52-24-31-14-8-4-9-15-31;1-27(30-19-32(37(39,40)41)21-33(20-30)38(42,43)44)50-26-36(31-15-9-4-10-16-31)18-17-35(45,25-48-22-28-11-5-2-6-12-28)24-46(36)34(47)49-23-29-13-7-3-8-14-29/h3-17,20-22,28H,18-19,23-27H2,1-2H3,(H,47,49);2-16,19-21,27H,17-18,22-26,45H2,1H3/t28-,37?,38-;27-,35?,36-/m11/s1. The molecular weight excluding hydrogens is 1360 g/mol. The number of nitrogens with zero attached hydrogens (tertiary/aromatic N) is 2. The Kier molecular flexibility index (Phi) is 25.3. The molecular formula is C78H78F12N4O9. The Morgan fingerprint density at radius 2 is 0.728 bits per heavy atom. The number of hydrogen-bond acceptors (Lipinski definition) is 10. The molecule has 10 rings (SSSR count). The van der Waals surface area contributed by atoms with Crippen LogP contribution in [0.15, 0.2) is 218 Å². The van der Waals surface area contributed by atoms with Crippen LogP contribution in [0.25, 0.3) is 0 Å². The number of amides is 3. The lowest BCUT2D eigenvalue weighted by Crippen LogP contribution is -2.68. The fraction of sp³-hybridized carbons (Fsp3) is 0.346. The van der Waals surface area contributed by atoms with Crippen LogP contribution >= 0.6 is 0 Å². The molecule has 3 amide bonds. The number of piperidine rings is 2. The van der Waals surface area contributed by atoms with Crippen molar-refractivity contribution in [2.24, 2.45) is 5.73 Å². The van der Waals surface area contributed by atoms with Crippen molar-refractivity contribution in [3.05, 3.63) is 285 Å². The van der Waals surface area contributed by atoms with Crippen molar-refractivity contribution >= 4 is 18.1 Å². The fourth-order valence-corrected chi connectivity index (χ4v) is 12.7. The van der Waals surface area contributed by atoms with Crippen molar-refractivity contribution in [1.82, 2.24) is 15.1 Å². The fourth-order valence-electron chi connectivity index (χ4n) is 12.7. The Morgan fingerprint density at radius 1 is 0.417 bits per heavy atom. The minimum absolute atomic E-state index is 0.0104. The van der Waals surface area contributed by atoms with E-state index in [4.69, 9.17) is 34.2 Å². The van der Waals surface area contributed by atoms with E-state index in [1.54, 1.807) is 109 Å². The third-order valence-corrected chi connectivity index (χ3v) is 18.2. The number of benzene rings is 8. The highest BCUT2D eigenvalue weighted by atomic mass is 19.4. The van der Waals surface area contributed by atoms with E-state index < -0.39 is 93.5 Å². The summed E-state index contributed by atoms with van der Waals surface area (Å²) in [4.78, 5) is 43.9. The maximum absolute atomic E-state index is 14.3. The van der Waals surface area contributed by atoms with Crippen LogP contribution in [-0.4, -0.2) is 78.5 Å². The van der Waals surface area contributed by atoms with Crippen molar-refractivity contribution in [3.63, 3.8) is 0 Å². The Balaban J connectivity index is 0.000000240. The largest absolute Gasteiger partial charge is 0.445 e. The number of alkyl halides is 12. The molecule has 2 aliphatic heterocycles. The summed E-state index contributed by atoms with van der Waals surface area (Å²) in [5.41, 5.74) is 0.226. The molecule has 25 heteroatoms. The van der Waals surface area contributed by atoms with Gasteiger partial charge in [-0.05, 0) is 120 Å². The van der Waals surface area contributed by atoms with Gasteiger partial charge in [0.2, 0.25) is 5.91 Å². The average molecular weight is 1440 g/mol. The van der Waals surface area contributed by atoms with Crippen molar-refractivity contribution < 1.29 is 95.5 Å². The molecule has 0 bridgehead atoms. The van der Waals surface area contributed by atoms with E-state index in [0.29, 0.717) is 54.0 Å². The molecule has 0 aromatic heterocycles. The van der Waals surface area contributed by atoms with Crippen LogP contribution in [0.5, 0.6) is 0 Å². The molecule has 0 spiro atoms. The van der Waals surface area contributed by atoms with Gasteiger partial charge in [0, 0.05) is 13.5 Å². The third kappa shape index (κ3) is 20.8. The smallest absolute Gasteiger partial charge is 0.416 e. The molecule has 2 saturated heterocycles. The van der Waals surface area contributed by atoms with Crippen LogP contribution in [0, 0.1) is 0 Å². The summed E-state index contributed by atoms with van der Waals surface area (Å²) in [5.74, 6) is -0.368. The molecule has 548 valence electrons. The highest BCUT2D eigenvalue weighted by Crippen LogP contribution is 2.47. The molecule has 13 nitrogen and oxygen atoms in total. The highest BCUT2D eigenvalue weighted by Gasteiger charge is 2.54. The SMILES string of the molecule is CC(=O)NC1(COCc2ccccc2)CC[C@@](CO[C@H](C)c2cc(C(F)(F)F)cc(C(F)(F)F)c2)(c2ccccc2)N(C(=O)OCc2ccccc2)C1.C[C@@H](OC[C@@]1(c2ccccc2)CCC(N)(COCc2ccccc2)CN1C(=O)OCc1ccccc1)c1cc(C(F)(F)F)cc(C(F)(F)F)c1. The van der Waals surface area contributed by atoms with Crippen molar-refractivity contribution in [2.75, 3.05) is 39.5 Å². The van der Waals surface area contributed by atoms with Gasteiger partial charge in [-0.15, -0.1) is 0 Å². The number of rotatable bonds is 23. The summed E-state index contributed by atoms with van der Waals surface area (Å²) in [6.45, 7) is 3.78. The minimum atomic E-state index is -5.04. The number of carbonyl (C=O) groups excluding carboxylic acids is 3. The number of hydrogen-bond donors (Lipinski definition) is 2. The Morgan fingerprint density at radius 3 is 1.07 bits per heavy atom. The summed E-state index contributed by atoms with van der Waals surface area (Å²) in [6, 6.07) is 57.2. The van der Waals surface area contributed by atoms with Crippen molar-refractivity contribution in [3.8, 4) is 0 Å². The first kappa shape index (κ1) is 77.9. The van der Waals surface area contributed by atoms with Crippen LogP contribution in [0.4, 0.5) is 62.3 Å². The monoisotopic (exact) mass is 1440 g/mol. The van der Waals surface area contributed by atoms with Gasteiger partial charge in [-0.2, -0.15) is 52.7 Å². The first-order valence-electron chi connectivity index (χ1n) is 33.0.